The van der Waals surface area contributed by atoms with Crippen LogP contribution in [0.4, 0.5) is 0 Å². The topological polar surface area (TPSA) is 107 Å². The van der Waals surface area contributed by atoms with Crippen molar-refractivity contribution in [2.45, 2.75) is 39.1 Å². The Kier molecular flexibility index (Phi) is 6.82. The summed E-state index contributed by atoms with van der Waals surface area (Å²) in [5.74, 6) is -4.82. The van der Waals surface area contributed by atoms with Crippen LogP contribution in [0.15, 0.2) is 30.3 Å². The van der Waals surface area contributed by atoms with E-state index in [0.717, 1.165) is 19.4 Å². The van der Waals surface area contributed by atoms with Crippen molar-refractivity contribution >= 4 is 5.78 Å². The molecule has 0 aromatic heterocycles. The molecule has 4 N–H and O–H groups in total. The molecule has 0 aliphatic heterocycles. The second kappa shape index (κ2) is 7.32. The zero-order valence-electron chi connectivity index (χ0n) is 11.2. The lowest BCUT2D eigenvalue weighted by Crippen LogP contribution is -2.40. The summed E-state index contributed by atoms with van der Waals surface area (Å²) in [5, 5.41) is 33.5. The van der Waals surface area contributed by atoms with Crippen molar-refractivity contribution in [2.75, 3.05) is 0 Å². The Labute approximate surface area is 111 Å². The van der Waals surface area contributed by atoms with Crippen molar-refractivity contribution in [3.8, 4) is 0 Å². The fraction of sp³-hybridized carbons (Fsp3) is 0.462. The molecule has 0 radical (unpaired) electrons. The first-order chi connectivity index (χ1) is 8.49. The third-order valence-electron chi connectivity index (χ3n) is 1.68. The molecule has 0 fully saturated rings. The minimum Gasteiger partial charge on any atom is -0.344 e. The zero-order valence-corrected chi connectivity index (χ0v) is 11.2. The van der Waals surface area contributed by atoms with Crippen molar-refractivity contribution in [3.63, 3.8) is 0 Å². The Morgan fingerprint density at radius 3 is 1.74 bits per heavy atom. The maximum absolute atomic E-state index is 10.6. The van der Waals surface area contributed by atoms with E-state index in [1.807, 2.05) is 30.3 Å². The summed E-state index contributed by atoms with van der Waals surface area (Å²) < 4.78 is 3.85. The normalized spacial score (nSPS) is 11.5. The number of aliphatic hydroxyl groups is 4. The van der Waals surface area contributed by atoms with Crippen LogP contribution in [0.25, 0.3) is 0 Å². The van der Waals surface area contributed by atoms with Crippen molar-refractivity contribution < 1.29 is 30.0 Å². The molecule has 0 saturated carbocycles. The predicted octanol–water partition coefficient (Wildman–Crippen LogP) is 0.138. The largest absolute Gasteiger partial charge is 0.344 e. The van der Waals surface area contributed by atoms with Gasteiger partial charge in [-0.2, -0.15) is 0 Å². The van der Waals surface area contributed by atoms with Gasteiger partial charge in [-0.15, -0.1) is 0 Å². The molecule has 0 unspecified atom stereocenters. The number of Topliss-reactive ketones (excluding diaryl/α,β-unsaturated/α-hetero) is 1. The lowest BCUT2D eigenvalue weighted by molar-refractivity contribution is -0.457. The first-order valence-corrected chi connectivity index (χ1v) is 5.62. The van der Waals surface area contributed by atoms with Crippen LogP contribution in [0.1, 0.15) is 26.3 Å². The second-order valence-corrected chi connectivity index (χ2v) is 4.33. The first-order valence-electron chi connectivity index (χ1n) is 5.62. The maximum atomic E-state index is 10.6. The Morgan fingerprint density at radius 1 is 1.05 bits per heavy atom. The molecule has 0 heterocycles. The average Bonchev–Trinajstić information content (AvgIpc) is 2.12. The first kappa shape index (κ1) is 17.7. The summed E-state index contributed by atoms with van der Waals surface area (Å²) in [6.07, 6.45) is 0.556. The monoisotopic (exact) mass is 272 g/mol. The lowest BCUT2D eigenvalue weighted by atomic mass is 10.1. The summed E-state index contributed by atoms with van der Waals surface area (Å²) >= 11 is 0. The second-order valence-electron chi connectivity index (χ2n) is 4.33. The zero-order chi connectivity index (χ0) is 15.1. The Morgan fingerprint density at radius 2 is 1.47 bits per heavy atom. The van der Waals surface area contributed by atoms with Crippen LogP contribution in [0.2, 0.25) is 0 Å². The summed E-state index contributed by atoms with van der Waals surface area (Å²) in [6, 6.07) is 9.75. The van der Waals surface area contributed by atoms with E-state index in [0.29, 0.717) is 6.42 Å². The number of hydrogen-bond donors (Lipinski definition) is 4. The standard InChI is InChI=1S/C9H10O.C4H10O5/c1-8(10)7-9-5-3-2-4-6-9;1-3(5,6)9-4(2,7)8/h2-6H,7H2,1H3;5-8H,1-2H3. The summed E-state index contributed by atoms with van der Waals surface area (Å²) in [5.41, 5.74) is 1.09. The molecule has 0 saturated heterocycles. The molecular formula is C13H20O6. The number of ether oxygens (including phenoxy) is 1. The number of hydrogen-bond acceptors (Lipinski definition) is 6. The van der Waals surface area contributed by atoms with Gasteiger partial charge in [0.15, 0.2) is 0 Å². The molecule has 0 aliphatic carbocycles. The highest BCUT2D eigenvalue weighted by Gasteiger charge is 2.28. The van der Waals surface area contributed by atoms with Crippen molar-refractivity contribution in [1.82, 2.24) is 0 Å². The van der Waals surface area contributed by atoms with E-state index in [1.54, 1.807) is 6.92 Å². The number of ketones is 1. The average molecular weight is 272 g/mol. The molecule has 0 amide bonds. The van der Waals surface area contributed by atoms with Gasteiger partial charge in [-0.3, -0.25) is 9.53 Å². The van der Waals surface area contributed by atoms with Crippen molar-refractivity contribution in [3.05, 3.63) is 35.9 Å². The van der Waals surface area contributed by atoms with Gasteiger partial charge >= 0.3 is 0 Å². The van der Waals surface area contributed by atoms with Gasteiger partial charge in [0, 0.05) is 20.3 Å². The van der Waals surface area contributed by atoms with Crippen LogP contribution in [0.3, 0.4) is 0 Å². The van der Waals surface area contributed by atoms with Gasteiger partial charge in [-0.25, -0.2) is 0 Å². The minimum absolute atomic E-state index is 0.214. The molecular weight excluding hydrogens is 252 g/mol. The fourth-order valence-corrected chi connectivity index (χ4v) is 1.25. The molecule has 0 atom stereocenters. The molecule has 0 bridgehead atoms. The van der Waals surface area contributed by atoms with Crippen LogP contribution in [0, 0.1) is 0 Å². The van der Waals surface area contributed by atoms with Gasteiger partial charge in [0.1, 0.15) is 5.78 Å². The van der Waals surface area contributed by atoms with E-state index in [9.17, 15) is 4.79 Å². The summed E-state index contributed by atoms with van der Waals surface area (Å²) in [7, 11) is 0. The highest BCUT2D eigenvalue weighted by Crippen LogP contribution is 2.09. The van der Waals surface area contributed by atoms with Crippen molar-refractivity contribution in [1.29, 1.82) is 0 Å². The van der Waals surface area contributed by atoms with E-state index >= 15 is 0 Å². The minimum atomic E-state index is -2.52. The predicted molar refractivity (Wildman–Crippen MR) is 67.6 cm³/mol. The van der Waals surface area contributed by atoms with E-state index < -0.39 is 11.9 Å². The molecule has 1 rings (SSSR count). The molecule has 0 aliphatic rings. The van der Waals surface area contributed by atoms with Crippen LogP contribution in [-0.4, -0.2) is 38.2 Å². The molecule has 6 heteroatoms. The highest BCUT2D eigenvalue weighted by atomic mass is 16.9. The smallest absolute Gasteiger partial charge is 0.279 e. The third-order valence-corrected chi connectivity index (χ3v) is 1.68. The Balaban J connectivity index is 0.000000344. The molecule has 6 nitrogen and oxygen atoms in total. The quantitative estimate of drug-likeness (QED) is 0.581. The van der Waals surface area contributed by atoms with Crippen LogP contribution >= 0.6 is 0 Å². The van der Waals surface area contributed by atoms with Gasteiger partial charge in [0.25, 0.3) is 11.9 Å². The number of rotatable bonds is 4. The van der Waals surface area contributed by atoms with Gasteiger partial charge in [0.05, 0.1) is 0 Å². The SMILES string of the molecule is CC(=O)Cc1ccccc1.CC(O)(O)OC(C)(O)O. The molecule has 1 aromatic rings. The van der Waals surface area contributed by atoms with E-state index in [1.165, 1.54) is 0 Å². The highest BCUT2D eigenvalue weighted by molar-refractivity contribution is 5.78. The summed E-state index contributed by atoms with van der Waals surface area (Å²) in [6.45, 7) is 3.32. The van der Waals surface area contributed by atoms with Crippen molar-refractivity contribution in [2.24, 2.45) is 0 Å². The van der Waals surface area contributed by atoms with Gasteiger partial charge < -0.3 is 20.4 Å². The number of carbonyl (C=O) groups excluding carboxylic acids is 1. The van der Waals surface area contributed by atoms with Crippen LogP contribution in [-0.2, 0) is 16.0 Å². The van der Waals surface area contributed by atoms with Crippen LogP contribution < -0.4 is 0 Å². The fourth-order valence-electron chi connectivity index (χ4n) is 1.25. The molecule has 19 heavy (non-hydrogen) atoms. The van der Waals surface area contributed by atoms with Gasteiger partial charge in [0.2, 0.25) is 0 Å². The van der Waals surface area contributed by atoms with E-state index in [-0.39, 0.29) is 5.78 Å². The molecule has 108 valence electrons. The maximum Gasteiger partial charge on any atom is 0.279 e. The Bertz CT molecular complexity index is 362. The van der Waals surface area contributed by atoms with E-state index in [2.05, 4.69) is 4.74 Å². The Hall–Kier alpha value is -1.31. The van der Waals surface area contributed by atoms with Crippen LogP contribution in [0.5, 0.6) is 0 Å². The summed E-state index contributed by atoms with van der Waals surface area (Å²) in [4.78, 5) is 10.6. The number of carbonyl (C=O) groups is 1. The molecule has 0 spiro atoms. The number of benzene rings is 1. The van der Waals surface area contributed by atoms with E-state index in [4.69, 9.17) is 20.4 Å². The third kappa shape index (κ3) is 12.9. The van der Waals surface area contributed by atoms with Gasteiger partial charge in [-0.1, -0.05) is 30.3 Å². The van der Waals surface area contributed by atoms with Gasteiger partial charge in [-0.05, 0) is 12.5 Å². The lowest BCUT2D eigenvalue weighted by Gasteiger charge is -2.24. The molecule has 1 aromatic carbocycles.